The first-order valence-electron chi connectivity index (χ1n) is 9.23. The van der Waals surface area contributed by atoms with Gasteiger partial charge in [-0.05, 0) is 43.4 Å². The molecule has 1 aromatic carbocycles. The summed E-state index contributed by atoms with van der Waals surface area (Å²) in [5.74, 6) is -0.234. The lowest BCUT2D eigenvalue weighted by molar-refractivity contribution is 0.0980. The predicted molar refractivity (Wildman–Crippen MR) is 101 cm³/mol. The summed E-state index contributed by atoms with van der Waals surface area (Å²) in [5.41, 5.74) is 2.26. The Labute approximate surface area is 158 Å². The van der Waals surface area contributed by atoms with Crippen molar-refractivity contribution in [3.8, 4) is 0 Å². The number of hydrogen-bond acceptors (Lipinski definition) is 4. The SMILES string of the molecule is O=C(c1cc(S(=O)(=O)N2CCCC(O)C2)c[nH]1)N1CCCc2ccccc21. The van der Waals surface area contributed by atoms with E-state index < -0.39 is 16.1 Å². The number of nitrogens with zero attached hydrogens (tertiary/aromatic N) is 2. The number of hydrogen-bond donors (Lipinski definition) is 2. The molecule has 4 rings (SSSR count). The Morgan fingerprint density at radius 1 is 1.19 bits per heavy atom. The molecule has 1 amide bonds. The molecule has 2 aliphatic heterocycles. The largest absolute Gasteiger partial charge is 0.392 e. The van der Waals surface area contributed by atoms with Crippen LogP contribution >= 0.6 is 0 Å². The Morgan fingerprint density at radius 3 is 2.81 bits per heavy atom. The van der Waals surface area contributed by atoms with Crippen LogP contribution in [-0.4, -0.2) is 54.5 Å². The van der Waals surface area contributed by atoms with E-state index in [2.05, 4.69) is 4.98 Å². The van der Waals surface area contributed by atoms with E-state index >= 15 is 0 Å². The monoisotopic (exact) mass is 389 g/mol. The second kappa shape index (κ2) is 7.10. The first-order chi connectivity index (χ1) is 13.0. The zero-order chi connectivity index (χ0) is 19.0. The molecule has 8 heteroatoms. The molecule has 1 aromatic heterocycles. The number of carbonyl (C=O) groups is 1. The van der Waals surface area contributed by atoms with Crippen LogP contribution in [-0.2, 0) is 16.4 Å². The fourth-order valence-electron chi connectivity index (χ4n) is 3.83. The number of aliphatic hydroxyl groups excluding tert-OH is 1. The maximum absolute atomic E-state index is 13.0. The van der Waals surface area contributed by atoms with Crippen molar-refractivity contribution in [2.75, 3.05) is 24.5 Å². The number of anilines is 1. The van der Waals surface area contributed by atoms with Crippen molar-refractivity contribution in [2.24, 2.45) is 0 Å². The molecule has 0 saturated carbocycles. The number of piperidine rings is 1. The van der Waals surface area contributed by atoms with Gasteiger partial charge in [0.25, 0.3) is 5.91 Å². The van der Waals surface area contributed by atoms with E-state index in [0.717, 1.165) is 24.1 Å². The number of para-hydroxylation sites is 1. The third-order valence-electron chi connectivity index (χ3n) is 5.24. The van der Waals surface area contributed by atoms with Gasteiger partial charge < -0.3 is 15.0 Å². The van der Waals surface area contributed by atoms with Crippen molar-refractivity contribution in [3.63, 3.8) is 0 Å². The number of aromatic nitrogens is 1. The van der Waals surface area contributed by atoms with Gasteiger partial charge in [-0.2, -0.15) is 4.31 Å². The molecule has 7 nitrogen and oxygen atoms in total. The van der Waals surface area contributed by atoms with Gasteiger partial charge in [-0.1, -0.05) is 18.2 Å². The Bertz CT molecular complexity index is 953. The van der Waals surface area contributed by atoms with Crippen LogP contribution in [0.25, 0.3) is 0 Å². The van der Waals surface area contributed by atoms with Crippen LogP contribution in [0.5, 0.6) is 0 Å². The van der Waals surface area contributed by atoms with Gasteiger partial charge in [-0.25, -0.2) is 8.42 Å². The van der Waals surface area contributed by atoms with Gasteiger partial charge in [0.1, 0.15) is 10.6 Å². The van der Waals surface area contributed by atoms with Gasteiger partial charge in [-0.3, -0.25) is 4.79 Å². The number of H-pyrrole nitrogens is 1. The van der Waals surface area contributed by atoms with Crippen LogP contribution in [0.3, 0.4) is 0 Å². The van der Waals surface area contributed by atoms with Crippen molar-refractivity contribution in [1.82, 2.24) is 9.29 Å². The van der Waals surface area contributed by atoms with Crippen LogP contribution in [0.1, 0.15) is 35.3 Å². The molecule has 2 N–H and O–H groups in total. The summed E-state index contributed by atoms with van der Waals surface area (Å²) < 4.78 is 26.9. The van der Waals surface area contributed by atoms with E-state index in [0.29, 0.717) is 25.9 Å². The average Bonchev–Trinajstić information content (AvgIpc) is 3.18. The fourth-order valence-corrected chi connectivity index (χ4v) is 5.34. The number of amides is 1. The molecule has 1 fully saturated rings. The maximum atomic E-state index is 13.0. The third-order valence-corrected chi connectivity index (χ3v) is 7.08. The van der Waals surface area contributed by atoms with Crippen molar-refractivity contribution in [2.45, 2.75) is 36.7 Å². The lowest BCUT2D eigenvalue weighted by atomic mass is 10.0. The van der Waals surface area contributed by atoms with Crippen molar-refractivity contribution in [1.29, 1.82) is 0 Å². The first-order valence-corrected chi connectivity index (χ1v) is 10.7. The average molecular weight is 389 g/mol. The molecular formula is C19H23N3O4S. The normalized spacial score (nSPS) is 21.1. The molecule has 0 radical (unpaired) electrons. The standard InChI is InChI=1S/C19H23N3O4S/c23-15-7-4-9-21(13-15)27(25,26)16-11-17(20-12-16)19(24)22-10-3-6-14-5-1-2-8-18(14)22/h1-2,5,8,11-12,15,20,23H,3-4,6-7,9-10,13H2. The molecule has 2 aliphatic rings. The number of β-amino-alcohol motifs (C(OH)–C–C–N with tert-alkyl or cyclic N) is 1. The van der Waals surface area contributed by atoms with E-state index in [-0.39, 0.29) is 23.0 Å². The van der Waals surface area contributed by atoms with Crippen LogP contribution in [0.15, 0.2) is 41.4 Å². The van der Waals surface area contributed by atoms with Gasteiger partial charge in [-0.15, -0.1) is 0 Å². The van der Waals surface area contributed by atoms with E-state index in [9.17, 15) is 18.3 Å². The zero-order valence-electron chi connectivity index (χ0n) is 15.0. The summed E-state index contributed by atoms with van der Waals surface area (Å²) in [4.78, 5) is 17.6. The zero-order valence-corrected chi connectivity index (χ0v) is 15.8. The quantitative estimate of drug-likeness (QED) is 0.836. The molecule has 1 unspecified atom stereocenters. The minimum atomic E-state index is -3.73. The van der Waals surface area contributed by atoms with Crippen molar-refractivity contribution in [3.05, 3.63) is 47.8 Å². The number of carbonyl (C=O) groups excluding carboxylic acids is 1. The van der Waals surface area contributed by atoms with Crippen LogP contribution < -0.4 is 4.90 Å². The van der Waals surface area contributed by atoms with E-state index in [1.54, 1.807) is 4.90 Å². The number of aryl methyl sites for hydroxylation is 1. The minimum absolute atomic E-state index is 0.0604. The van der Waals surface area contributed by atoms with Gasteiger partial charge in [0, 0.05) is 31.5 Å². The second-order valence-corrected chi connectivity index (χ2v) is 9.04. The number of fused-ring (bicyclic) bond motifs is 1. The minimum Gasteiger partial charge on any atom is -0.392 e. The van der Waals surface area contributed by atoms with Crippen LogP contribution in [0.2, 0.25) is 0 Å². The fraction of sp³-hybridized carbons (Fsp3) is 0.421. The van der Waals surface area contributed by atoms with Crippen LogP contribution in [0.4, 0.5) is 5.69 Å². The molecule has 0 aliphatic carbocycles. The topological polar surface area (TPSA) is 93.7 Å². The number of sulfonamides is 1. The summed E-state index contributed by atoms with van der Waals surface area (Å²) in [7, 11) is -3.73. The van der Waals surface area contributed by atoms with Gasteiger partial charge in [0.2, 0.25) is 10.0 Å². The molecule has 3 heterocycles. The third kappa shape index (κ3) is 3.40. The molecular weight excluding hydrogens is 366 g/mol. The number of benzene rings is 1. The number of rotatable bonds is 3. The van der Waals surface area contributed by atoms with E-state index in [1.165, 1.54) is 16.6 Å². The molecule has 2 aromatic rings. The van der Waals surface area contributed by atoms with Crippen LogP contribution in [0, 0.1) is 0 Å². The molecule has 27 heavy (non-hydrogen) atoms. The number of aromatic amines is 1. The second-order valence-electron chi connectivity index (χ2n) is 7.10. The molecule has 0 bridgehead atoms. The predicted octanol–water partition coefficient (Wildman–Crippen LogP) is 1.75. The Hall–Kier alpha value is -2.16. The highest BCUT2D eigenvalue weighted by Gasteiger charge is 2.31. The van der Waals surface area contributed by atoms with E-state index in [4.69, 9.17) is 0 Å². The number of nitrogens with one attached hydrogen (secondary N) is 1. The summed E-state index contributed by atoms with van der Waals surface area (Å²) in [6.07, 6.45) is 3.76. The van der Waals surface area contributed by atoms with Gasteiger partial charge in [0.05, 0.1) is 6.10 Å². The molecule has 1 atom stereocenters. The van der Waals surface area contributed by atoms with Crippen molar-refractivity contribution >= 4 is 21.6 Å². The van der Waals surface area contributed by atoms with Crippen molar-refractivity contribution < 1.29 is 18.3 Å². The summed E-state index contributed by atoms with van der Waals surface area (Å²) in [6, 6.07) is 9.19. The Balaban J connectivity index is 1.59. The lowest BCUT2D eigenvalue weighted by Gasteiger charge is -2.29. The van der Waals surface area contributed by atoms with E-state index in [1.807, 2.05) is 24.3 Å². The van der Waals surface area contributed by atoms with Gasteiger partial charge in [0.15, 0.2) is 0 Å². The molecule has 0 spiro atoms. The first kappa shape index (κ1) is 18.2. The maximum Gasteiger partial charge on any atom is 0.274 e. The highest BCUT2D eigenvalue weighted by molar-refractivity contribution is 7.89. The lowest BCUT2D eigenvalue weighted by Crippen LogP contribution is -2.41. The summed E-state index contributed by atoms with van der Waals surface area (Å²) in [6.45, 7) is 1.08. The van der Waals surface area contributed by atoms with Gasteiger partial charge >= 0.3 is 0 Å². The molecule has 1 saturated heterocycles. The Morgan fingerprint density at radius 2 is 2.00 bits per heavy atom. The summed E-state index contributed by atoms with van der Waals surface area (Å²) in [5, 5.41) is 9.77. The highest BCUT2D eigenvalue weighted by atomic mass is 32.2. The molecule has 144 valence electrons. The Kier molecular flexibility index (Phi) is 4.79. The number of aliphatic hydroxyl groups is 1. The smallest absolute Gasteiger partial charge is 0.274 e. The highest BCUT2D eigenvalue weighted by Crippen LogP contribution is 2.29. The summed E-state index contributed by atoms with van der Waals surface area (Å²) >= 11 is 0.